The smallest absolute Gasteiger partial charge is 0.416 e. The van der Waals surface area contributed by atoms with Crippen molar-refractivity contribution in [3.05, 3.63) is 52.0 Å². The first-order chi connectivity index (χ1) is 12.7. The van der Waals surface area contributed by atoms with E-state index in [1.54, 1.807) is 33.9 Å². The van der Waals surface area contributed by atoms with Crippen molar-refractivity contribution < 1.29 is 22.6 Å². The monoisotopic (exact) mass is 382 g/mol. The second kappa shape index (κ2) is 8.69. The minimum Gasteiger partial charge on any atom is -0.472 e. The zero-order valence-corrected chi connectivity index (χ0v) is 16.3. The molecule has 2 aromatic rings. The number of benzene rings is 1. The van der Waals surface area contributed by atoms with Crippen LogP contribution in [-0.2, 0) is 17.3 Å². The van der Waals surface area contributed by atoms with E-state index in [9.17, 15) is 13.2 Å². The number of ether oxygens (including phenoxy) is 2. The van der Waals surface area contributed by atoms with Gasteiger partial charge in [-0.05, 0) is 38.8 Å². The Bertz CT molecular complexity index is 792. The second-order valence-corrected chi connectivity index (χ2v) is 6.59. The molecular formula is C20H25F3N2O2. The molecule has 0 amide bonds. The van der Waals surface area contributed by atoms with Crippen molar-refractivity contribution >= 4 is 0 Å². The van der Waals surface area contributed by atoms with Gasteiger partial charge >= 0.3 is 6.18 Å². The van der Waals surface area contributed by atoms with Crippen molar-refractivity contribution in [3.63, 3.8) is 0 Å². The molecular weight excluding hydrogens is 357 g/mol. The summed E-state index contributed by atoms with van der Waals surface area (Å²) in [6, 6.07) is 4.36. The normalized spacial score (nSPS) is 12.9. The van der Waals surface area contributed by atoms with Gasteiger partial charge in [-0.2, -0.15) is 18.2 Å². The Labute approximate surface area is 157 Å². The predicted molar refractivity (Wildman–Crippen MR) is 97.1 cm³/mol. The summed E-state index contributed by atoms with van der Waals surface area (Å²) in [7, 11) is 1.59. The van der Waals surface area contributed by atoms with Crippen LogP contribution < -0.4 is 4.74 Å². The molecule has 7 heteroatoms. The summed E-state index contributed by atoms with van der Waals surface area (Å²) >= 11 is 0. The lowest BCUT2D eigenvalue weighted by molar-refractivity contribution is -0.138. The van der Waals surface area contributed by atoms with E-state index >= 15 is 0 Å². The topological polar surface area (TPSA) is 44.2 Å². The van der Waals surface area contributed by atoms with Crippen LogP contribution in [0.1, 0.15) is 47.1 Å². The number of nitrogens with zero attached hydrogens (tertiary/aromatic N) is 2. The van der Waals surface area contributed by atoms with Crippen molar-refractivity contribution in [1.82, 2.24) is 9.97 Å². The fourth-order valence-electron chi connectivity index (χ4n) is 2.81. The molecule has 0 aliphatic heterocycles. The van der Waals surface area contributed by atoms with Crippen LogP contribution in [0.4, 0.5) is 13.2 Å². The first kappa shape index (κ1) is 21.2. The van der Waals surface area contributed by atoms with Crippen molar-refractivity contribution in [2.24, 2.45) is 0 Å². The average Bonchev–Trinajstić information content (AvgIpc) is 2.59. The van der Waals surface area contributed by atoms with Gasteiger partial charge in [0.15, 0.2) is 0 Å². The highest BCUT2D eigenvalue weighted by molar-refractivity contribution is 5.39. The molecule has 1 heterocycles. The molecule has 1 atom stereocenters. The number of halogens is 3. The van der Waals surface area contributed by atoms with Crippen LogP contribution >= 0.6 is 0 Å². The Morgan fingerprint density at radius 3 is 2.41 bits per heavy atom. The van der Waals surface area contributed by atoms with Gasteiger partial charge in [-0.25, -0.2) is 4.98 Å². The third kappa shape index (κ3) is 5.42. The number of hydrogen-bond donors (Lipinski definition) is 0. The van der Waals surface area contributed by atoms with E-state index in [1.807, 2.05) is 6.92 Å². The Hall–Kier alpha value is -2.15. The number of methoxy groups -OCH3 is 1. The molecule has 0 spiro atoms. The van der Waals surface area contributed by atoms with Crippen LogP contribution in [0.2, 0.25) is 0 Å². The van der Waals surface area contributed by atoms with Gasteiger partial charge < -0.3 is 9.47 Å². The maximum Gasteiger partial charge on any atom is 0.416 e. The Morgan fingerprint density at radius 1 is 1.11 bits per heavy atom. The summed E-state index contributed by atoms with van der Waals surface area (Å²) in [4.78, 5) is 8.68. The third-order valence-corrected chi connectivity index (χ3v) is 4.33. The minimum absolute atomic E-state index is 0.0573. The Balaban J connectivity index is 2.41. The second-order valence-electron chi connectivity index (χ2n) is 6.59. The van der Waals surface area contributed by atoms with Crippen molar-refractivity contribution in [1.29, 1.82) is 0 Å². The number of rotatable bonds is 7. The van der Waals surface area contributed by atoms with Gasteiger partial charge in [0, 0.05) is 19.1 Å². The Kier molecular flexibility index (Phi) is 6.81. The lowest BCUT2D eigenvalue weighted by Gasteiger charge is -2.19. The summed E-state index contributed by atoms with van der Waals surface area (Å²) in [6.45, 7) is 7.49. The SMILES string of the molecule is CCC(COC)Oc1nc(C)nc(Cc2ccc(C)cc2C(F)(F)F)c1C. The molecule has 2 rings (SSSR count). The summed E-state index contributed by atoms with van der Waals surface area (Å²) in [5.74, 6) is 0.848. The van der Waals surface area contributed by atoms with E-state index in [1.165, 1.54) is 12.1 Å². The van der Waals surface area contributed by atoms with E-state index in [4.69, 9.17) is 9.47 Å². The quantitative estimate of drug-likeness (QED) is 0.689. The summed E-state index contributed by atoms with van der Waals surface area (Å²) in [6.07, 6.45) is -3.81. The maximum atomic E-state index is 13.4. The molecule has 0 radical (unpaired) electrons. The van der Waals surface area contributed by atoms with Crippen LogP contribution in [0.5, 0.6) is 5.88 Å². The van der Waals surface area contributed by atoms with Crippen LogP contribution in [0.15, 0.2) is 18.2 Å². The molecule has 1 aromatic carbocycles. The predicted octanol–water partition coefficient (Wildman–Crippen LogP) is 4.82. The van der Waals surface area contributed by atoms with Crippen LogP contribution in [0.25, 0.3) is 0 Å². The van der Waals surface area contributed by atoms with Crippen molar-refractivity contribution in [2.75, 3.05) is 13.7 Å². The fraction of sp³-hybridized carbons (Fsp3) is 0.500. The molecule has 1 unspecified atom stereocenters. The molecule has 0 saturated heterocycles. The zero-order valence-electron chi connectivity index (χ0n) is 16.3. The highest BCUT2D eigenvalue weighted by Gasteiger charge is 2.33. The van der Waals surface area contributed by atoms with E-state index in [0.29, 0.717) is 35.1 Å². The fourth-order valence-corrected chi connectivity index (χ4v) is 2.81. The summed E-state index contributed by atoms with van der Waals surface area (Å²) < 4.78 is 51.3. The van der Waals surface area contributed by atoms with E-state index in [2.05, 4.69) is 9.97 Å². The zero-order chi connectivity index (χ0) is 20.2. The van der Waals surface area contributed by atoms with Gasteiger partial charge in [-0.15, -0.1) is 0 Å². The maximum absolute atomic E-state index is 13.4. The van der Waals surface area contributed by atoms with E-state index in [-0.39, 0.29) is 18.1 Å². The largest absolute Gasteiger partial charge is 0.472 e. The van der Waals surface area contributed by atoms with Gasteiger partial charge in [0.1, 0.15) is 11.9 Å². The first-order valence-corrected chi connectivity index (χ1v) is 8.82. The van der Waals surface area contributed by atoms with Crippen LogP contribution in [-0.4, -0.2) is 29.8 Å². The molecule has 0 bridgehead atoms. The van der Waals surface area contributed by atoms with Gasteiger partial charge in [0.2, 0.25) is 5.88 Å². The average molecular weight is 382 g/mol. The lowest BCUT2D eigenvalue weighted by atomic mass is 9.98. The number of alkyl halides is 3. The van der Waals surface area contributed by atoms with Gasteiger partial charge in [0.25, 0.3) is 0 Å². The van der Waals surface area contributed by atoms with E-state index in [0.717, 1.165) is 6.42 Å². The summed E-state index contributed by atoms with van der Waals surface area (Å²) in [5.41, 5.74) is 1.29. The molecule has 0 fully saturated rings. The molecule has 148 valence electrons. The number of aromatic nitrogens is 2. The van der Waals surface area contributed by atoms with E-state index < -0.39 is 11.7 Å². The number of aryl methyl sites for hydroxylation is 2. The molecule has 4 nitrogen and oxygen atoms in total. The molecule has 0 saturated carbocycles. The van der Waals surface area contributed by atoms with Crippen molar-refractivity contribution in [2.45, 2.75) is 52.8 Å². The highest BCUT2D eigenvalue weighted by Crippen LogP contribution is 2.34. The lowest BCUT2D eigenvalue weighted by Crippen LogP contribution is -2.23. The minimum atomic E-state index is -4.41. The first-order valence-electron chi connectivity index (χ1n) is 8.82. The third-order valence-electron chi connectivity index (χ3n) is 4.33. The van der Waals surface area contributed by atoms with Crippen LogP contribution in [0, 0.1) is 20.8 Å². The molecule has 0 aliphatic rings. The molecule has 27 heavy (non-hydrogen) atoms. The highest BCUT2D eigenvalue weighted by atomic mass is 19.4. The van der Waals surface area contributed by atoms with Crippen molar-refractivity contribution in [3.8, 4) is 5.88 Å². The number of hydrogen-bond acceptors (Lipinski definition) is 4. The summed E-state index contributed by atoms with van der Waals surface area (Å²) in [5, 5.41) is 0. The van der Waals surface area contributed by atoms with Gasteiger partial charge in [-0.1, -0.05) is 24.6 Å². The molecule has 1 aromatic heterocycles. The van der Waals surface area contributed by atoms with Gasteiger partial charge in [-0.3, -0.25) is 0 Å². The standard InChI is InChI=1S/C20H25F3N2O2/c1-6-16(11-26-5)27-19-13(3)18(24-14(4)25-19)10-15-8-7-12(2)9-17(15)20(21,22)23/h7-9,16H,6,10-11H2,1-5H3. The molecule has 0 N–H and O–H groups in total. The molecule has 0 aliphatic carbocycles. The van der Waals surface area contributed by atoms with Gasteiger partial charge in [0.05, 0.1) is 17.9 Å². The Morgan fingerprint density at radius 2 is 1.81 bits per heavy atom. The van der Waals surface area contributed by atoms with Crippen LogP contribution in [0.3, 0.4) is 0 Å².